The molecule has 5 nitrogen and oxygen atoms in total. The van der Waals surface area contributed by atoms with Crippen molar-refractivity contribution < 1.29 is 23.5 Å². The zero-order chi connectivity index (χ0) is 18.2. The third kappa shape index (κ3) is 2.59. The van der Waals surface area contributed by atoms with E-state index < -0.39 is 23.2 Å². The van der Waals surface area contributed by atoms with Gasteiger partial charge in [-0.2, -0.15) is 0 Å². The quantitative estimate of drug-likeness (QED) is 0.607. The summed E-state index contributed by atoms with van der Waals surface area (Å²) in [5.74, 6) is 3.09. The average Bonchev–Trinajstić information content (AvgIpc) is 2.78. The number of ether oxygens (including phenoxy) is 2. The first-order valence-corrected chi connectivity index (χ1v) is 8.16. The number of nitrogens with zero attached hydrogens (tertiary/aromatic N) is 1. The fraction of sp³-hybridized carbons (Fsp3) is 0.474. The molecule has 0 radical (unpaired) electrons. The Labute approximate surface area is 146 Å². The highest BCUT2D eigenvalue weighted by Crippen LogP contribution is 2.44. The largest absolute Gasteiger partial charge is 0.496 e. The zero-order valence-corrected chi connectivity index (χ0v) is 14.5. The zero-order valence-electron chi connectivity index (χ0n) is 14.5. The van der Waals surface area contributed by atoms with Gasteiger partial charge in [-0.1, -0.05) is 5.92 Å². The lowest BCUT2D eigenvalue weighted by molar-refractivity contribution is -0.135. The summed E-state index contributed by atoms with van der Waals surface area (Å²) in [5.41, 5.74) is -0.485. The van der Waals surface area contributed by atoms with Gasteiger partial charge >= 0.3 is 0 Å². The minimum Gasteiger partial charge on any atom is -0.496 e. The van der Waals surface area contributed by atoms with Crippen LogP contribution in [0.5, 0.6) is 5.75 Å². The number of hydrogen-bond donors (Lipinski definition) is 0. The van der Waals surface area contributed by atoms with Crippen molar-refractivity contribution in [3.05, 3.63) is 29.1 Å². The van der Waals surface area contributed by atoms with Gasteiger partial charge in [0.05, 0.1) is 7.11 Å². The Balaban J connectivity index is 2.11. The standard InChI is InChI=1S/C19H20FNO4/c1-4-5-12-10-13(20)15(14(11-12)24-3)16-17(22)19(21(2)18(16)23)6-8-25-9-7-19/h10-11,16H,6-9H2,1-3H3. The number of halogens is 1. The van der Waals surface area contributed by atoms with Crippen molar-refractivity contribution in [3.63, 3.8) is 0 Å². The molecule has 1 spiro atoms. The van der Waals surface area contributed by atoms with Crippen LogP contribution in [0.3, 0.4) is 0 Å². The number of Topliss-reactive ketones (excluding diaryl/α,β-unsaturated/α-hetero) is 1. The van der Waals surface area contributed by atoms with Crippen molar-refractivity contribution in [1.29, 1.82) is 0 Å². The van der Waals surface area contributed by atoms with Crippen LogP contribution in [-0.4, -0.2) is 49.5 Å². The Bertz CT molecular complexity index is 787. The predicted octanol–water partition coefficient (Wildman–Crippen LogP) is 1.88. The summed E-state index contributed by atoms with van der Waals surface area (Å²) in [7, 11) is 2.99. The van der Waals surface area contributed by atoms with Crippen molar-refractivity contribution in [1.82, 2.24) is 4.90 Å². The topological polar surface area (TPSA) is 55.8 Å². The number of benzene rings is 1. The lowest BCUT2D eigenvalue weighted by Crippen LogP contribution is -2.51. The maximum absolute atomic E-state index is 14.8. The highest BCUT2D eigenvalue weighted by atomic mass is 19.1. The molecule has 1 atom stereocenters. The first-order valence-electron chi connectivity index (χ1n) is 8.16. The van der Waals surface area contributed by atoms with E-state index in [-0.39, 0.29) is 17.1 Å². The molecule has 0 bridgehead atoms. The van der Waals surface area contributed by atoms with Crippen LogP contribution in [0.15, 0.2) is 12.1 Å². The van der Waals surface area contributed by atoms with Crippen molar-refractivity contribution in [2.75, 3.05) is 27.4 Å². The molecule has 1 aromatic carbocycles. The molecule has 0 N–H and O–H groups in total. The molecule has 1 unspecified atom stereocenters. The molecule has 2 aliphatic heterocycles. The summed E-state index contributed by atoms with van der Waals surface area (Å²) in [6.45, 7) is 2.45. The first-order chi connectivity index (χ1) is 12.0. The van der Waals surface area contributed by atoms with E-state index in [0.29, 0.717) is 31.6 Å². The highest BCUT2D eigenvalue weighted by molar-refractivity contribution is 6.17. The van der Waals surface area contributed by atoms with Crippen molar-refractivity contribution >= 4 is 11.7 Å². The summed E-state index contributed by atoms with van der Waals surface area (Å²) in [4.78, 5) is 27.5. The molecule has 2 heterocycles. The number of hydrogen-bond acceptors (Lipinski definition) is 4. The summed E-state index contributed by atoms with van der Waals surface area (Å²) in [5, 5.41) is 0. The third-order valence-electron chi connectivity index (χ3n) is 5.13. The van der Waals surface area contributed by atoms with Gasteiger partial charge in [-0.05, 0) is 19.1 Å². The van der Waals surface area contributed by atoms with Crippen LogP contribution in [0.25, 0.3) is 0 Å². The second kappa shape index (κ2) is 6.49. The van der Waals surface area contributed by atoms with Gasteiger partial charge in [0.25, 0.3) is 0 Å². The Morgan fingerprint density at radius 1 is 1.32 bits per heavy atom. The molecule has 1 amide bonds. The summed E-state index contributed by atoms with van der Waals surface area (Å²) >= 11 is 0. The van der Waals surface area contributed by atoms with Crippen LogP contribution in [0.2, 0.25) is 0 Å². The van der Waals surface area contributed by atoms with Crippen LogP contribution in [0.4, 0.5) is 4.39 Å². The predicted molar refractivity (Wildman–Crippen MR) is 88.8 cm³/mol. The van der Waals surface area contributed by atoms with Gasteiger partial charge in [-0.3, -0.25) is 9.59 Å². The second-order valence-electron chi connectivity index (χ2n) is 6.29. The number of amides is 1. The molecule has 0 aliphatic carbocycles. The van der Waals surface area contributed by atoms with Gasteiger partial charge in [-0.15, -0.1) is 5.92 Å². The normalized spacial score (nSPS) is 22.1. The molecule has 2 fully saturated rings. The van der Waals surface area contributed by atoms with Gasteiger partial charge in [0.15, 0.2) is 5.78 Å². The van der Waals surface area contributed by atoms with Crippen molar-refractivity contribution in [2.24, 2.45) is 0 Å². The molecule has 0 aromatic heterocycles. The fourth-order valence-corrected chi connectivity index (χ4v) is 3.75. The van der Waals surface area contributed by atoms with Crippen molar-refractivity contribution in [2.45, 2.75) is 31.2 Å². The molecule has 6 heteroatoms. The number of methoxy groups -OCH3 is 1. The van der Waals surface area contributed by atoms with Crippen LogP contribution in [0, 0.1) is 17.7 Å². The molecular formula is C19H20FNO4. The van der Waals surface area contributed by atoms with Crippen LogP contribution >= 0.6 is 0 Å². The number of likely N-dealkylation sites (N-methyl/N-ethyl adjacent to an activating group) is 1. The van der Waals surface area contributed by atoms with E-state index in [1.54, 1.807) is 20.0 Å². The Kier molecular flexibility index (Phi) is 4.53. The molecule has 0 saturated carbocycles. The molecule has 3 rings (SSSR count). The number of carbonyl (C=O) groups excluding carboxylic acids is 2. The Hall–Kier alpha value is -2.39. The van der Waals surface area contributed by atoms with E-state index in [0.717, 1.165) is 0 Å². The average molecular weight is 345 g/mol. The number of rotatable bonds is 2. The van der Waals surface area contributed by atoms with E-state index >= 15 is 0 Å². The maximum atomic E-state index is 14.8. The van der Waals surface area contributed by atoms with Crippen LogP contribution in [0.1, 0.15) is 36.8 Å². The number of ketones is 1. The molecule has 132 valence electrons. The van der Waals surface area contributed by atoms with Crippen LogP contribution < -0.4 is 4.74 Å². The van der Waals surface area contributed by atoms with Gasteiger partial charge in [-0.25, -0.2) is 4.39 Å². The van der Waals surface area contributed by atoms with Crippen molar-refractivity contribution in [3.8, 4) is 17.6 Å². The van der Waals surface area contributed by atoms with Gasteiger partial charge in [0.1, 0.15) is 23.0 Å². The second-order valence-corrected chi connectivity index (χ2v) is 6.29. The number of likely N-dealkylation sites (tertiary alicyclic amines) is 1. The lowest BCUT2D eigenvalue weighted by Gasteiger charge is -2.37. The highest BCUT2D eigenvalue weighted by Gasteiger charge is 2.58. The first kappa shape index (κ1) is 17.4. The molecule has 2 aliphatic rings. The lowest BCUT2D eigenvalue weighted by atomic mass is 9.81. The van der Waals surface area contributed by atoms with Crippen LogP contribution in [-0.2, 0) is 14.3 Å². The summed E-state index contributed by atoms with van der Waals surface area (Å²) in [6, 6.07) is 2.80. The number of carbonyl (C=O) groups is 2. The molecule has 2 saturated heterocycles. The van der Waals surface area contributed by atoms with Gasteiger partial charge in [0.2, 0.25) is 5.91 Å². The fourth-order valence-electron chi connectivity index (χ4n) is 3.75. The monoisotopic (exact) mass is 345 g/mol. The Morgan fingerprint density at radius 2 is 2.00 bits per heavy atom. The van der Waals surface area contributed by atoms with E-state index in [1.165, 1.54) is 18.1 Å². The maximum Gasteiger partial charge on any atom is 0.238 e. The minimum absolute atomic E-state index is 0.00521. The summed E-state index contributed by atoms with van der Waals surface area (Å²) < 4.78 is 25.4. The van der Waals surface area contributed by atoms with E-state index in [2.05, 4.69) is 11.8 Å². The smallest absolute Gasteiger partial charge is 0.238 e. The minimum atomic E-state index is -1.19. The summed E-state index contributed by atoms with van der Waals surface area (Å²) in [6.07, 6.45) is 0.849. The Morgan fingerprint density at radius 3 is 2.60 bits per heavy atom. The molecule has 1 aromatic rings. The van der Waals surface area contributed by atoms with E-state index in [1.807, 2.05) is 0 Å². The molecular weight excluding hydrogens is 325 g/mol. The van der Waals surface area contributed by atoms with E-state index in [9.17, 15) is 14.0 Å². The SMILES string of the molecule is CC#Cc1cc(F)c(C2C(=O)N(C)C3(CCOCC3)C2=O)c(OC)c1. The van der Waals surface area contributed by atoms with Gasteiger partial charge in [0, 0.05) is 44.2 Å². The van der Waals surface area contributed by atoms with Gasteiger partial charge < -0.3 is 14.4 Å². The van der Waals surface area contributed by atoms with E-state index in [4.69, 9.17) is 9.47 Å². The molecule has 25 heavy (non-hydrogen) atoms. The third-order valence-corrected chi connectivity index (χ3v) is 5.13.